The summed E-state index contributed by atoms with van der Waals surface area (Å²) >= 11 is 3.38. The first-order valence-electron chi connectivity index (χ1n) is 6.89. The lowest BCUT2D eigenvalue weighted by Gasteiger charge is -2.28. The zero-order valence-electron chi connectivity index (χ0n) is 11.6. The summed E-state index contributed by atoms with van der Waals surface area (Å²) in [7, 11) is 0. The number of halogens is 1. The van der Waals surface area contributed by atoms with Gasteiger partial charge in [0.25, 0.3) is 0 Å². The Balaban J connectivity index is 1.99. The van der Waals surface area contributed by atoms with Gasteiger partial charge in [0.1, 0.15) is 5.60 Å². The number of ether oxygens (including phenoxy) is 1. The molecule has 4 nitrogen and oxygen atoms in total. The lowest BCUT2D eigenvalue weighted by molar-refractivity contribution is -0.126. The van der Waals surface area contributed by atoms with E-state index in [1.54, 1.807) is 0 Å². The van der Waals surface area contributed by atoms with E-state index < -0.39 is 5.60 Å². The molecule has 110 valence electrons. The van der Waals surface area contributed by atoms with Crippen LogP contribution in [0.3, 0.4) is 0 Å². The van der Waals surface area contributed by atoms with Gasteiger partial charge < -0.3 is 15.2 Å². The minimum absolute atomic E-state index is 0.0357. The zero-order chi connectivity index (χ0) is 14.6. The normalized spacial score (nSPS) is 21.4. The van der Waals surface area contributed by atoms with Crippen LogP contribution in [0.4, 0.5) is 0 Å². The van der Waals surface area contributed by atoms with Gasteiger partial charge in [-0.25, -0.2) is 0 Å². The van der Waals surface area contributed by atoms with Gasteiger partial charge >= 0.3 is 0 Å². The average Bonchev–Trinajstić information content (AvgIpc) is 2.99. The molecule has 20 heavy (non-hydrogen) atoms. The Kier molecular flexibility index (Phi) is 5.18. The molecule has 0 saturated carbocycles. The van der Waals surface area contributed by atoms with Gasteiger partial charge in [0.15, 0.2) is 0 Å². The van der Waals surface area contributed by atoms with Crippen LogP contribution >= 0.6 is 15.9 Å². The van der Waals surface area contributed by atoms with Crippen LogP contribution in [-0.2, 0) is 15.1 Å². The molecule has 1 saturated heterocycles. The highest BCUT2D eigenvalue weighted by molar-refractivity contribution is 9.10. The van der Waals surface area contributed by atoms with Crippen molar-refractivity contribution in [2.24, 2.45) is 5.92 Å². The summed E-state index contributed by atoms with van der Waals surface area (Å²) in [5.74, 6) is -0.118. The topological polar surface area (TPSA) is 58.6 Å². The number of rotatable bonds is 5. The molecule has 5 heteroatoms. The van der Waals surface area contributed by atoms with Gasteiger partial charge in [-0.2, -0.15) is 0 Å². The zero-order valence-corrected chi connectivity index (χ0v) is 13.1. The van der Waals surface area contributed by atoms with Gasteiger partial charge in [-0.05, 0) is 30.5 Å². The first-order chi connectivity index (χ1) is 9.55. The van der Waals surface area contributed by atoms with Crippen molar-refractivity contribution in [3.05, 3.63) is 34.3 Å². The largest absolute Gasteiger partial charge is 0.383 e. The fourth-order valence-electron chi connectivity index (χ4n) is 2.31. The van der Waals surface area contributed by atoms with Crippen molar-refractivity contribution in [1.29, 1.82) is 0 Å². The summed E-state index contributed by atoms with van der Waals surface area (Å²) in [4.78, 5) is 12.0. The van der Waals surface area contributed by atoms with Crippen LogP contribution in [0.25, 0.3) is 0 Å². The number of amides is 1. The molecule has 1 aromatic rings. The number of carbonyl (C=O) groups excluding carboxylic acids is 1. The second-order valence-electron chi connectivity index (χ2n) is 5.17. The maximum Gasteiger partial charge on any atom is 0.225 e. The van der Waals surface area contributed by atoms with E-state index in [0.717, 1.165) is 16.5 Å². The number of carbonyl (C=O) groups is 1. The molecule has 2 unspecified atom stereocenters. The monoisotopic (exact) mass is 341 g/mol. The lowest BCUT2D eigenvalue weighted by Crippen LogP contribution is -2.42. The van der Waals surface area contributed by atoms with Gasteiger partial charge in [0.05, 0.1) is 19.1 Å². The molecule has 0 aromatic heterocycles. The van der Waals surface area contributed by atoms with Crippen molar-refractivity contribution in [2.75, 3.05) is 19.8 Å². The van der Waals surface area contributed by atoms with Crippen LogP contribution in [0.5, 0.6) is 0 Å². The fourth-order valence-corrected chi connectivity index (χ4v) is 2.57. The average molecular weight is 342 g/mol. The third-order valence-electron chi connectivity index (χ3n) is 3.82. The molecular formula is C15H20BrNO3. The molecule has 0 spiro atoms. The van der Waals surface area contributed by atoms with Crippen LogP contribution in [0, 0.1) is 5.92 Å². The van der Waals surface area contributed by atoms with E-state index in [1.807, 2.05) is 31.2 Å². The highest BCUT2D eigenvalue weighted by Gasteiger charge is 2.30. The molecule has 1 aromatic carbocycles. The summed E-state index contributed by atoms with van der Waals surface area (Å²) in [6.07, 6.45) is 1.30. The molecule has 0 radical (unpaired) electrons. The van der Waals surface area contributed by atoms with Crippen LogP contribution in [0.15, 0.2) is 28.7 Å². The predicted octanol–water partition coefficient (Wildman–Crippen LogP) is 2.20. The molecule has 0 bridgehead atoms. The predicted molar refractivity (Wildman–Crippen MR) is 80.3 cm³/mol. The van der Waals surface area contributed by atoms with Crippen LogP contribution in [0.1, 0.15) is 25.3 Å². The van der Waals surface area contributed by atoms with Crippen molar-refractivity contribution in [1.82, 2.24) is 5.32 Å². The number of aliphatic hydroxyl groups is 1. The van der Waals surface area contributed by atoms with E-state index in [2.05, 4.69) is 21.2 Å². The molecule has 1 amide bonds. The molecule has 0 aliphatic carbocycles. The fraction of sp³-hybridized carbons (Fsp3) is 0.533. The summed E-state index contributed by atoms with van der Waals surface area (Å²) < 4.78 is 6.17. The van der Waals surface area contributed by atoms with Gasteiger partial charge in [-0.15, -0.1) is 0 Å². The number of benzene rings is 1. The highest BCUT2D eigenvalue weighted by atomic mass is 79.9. The van der Waals surface area contributed by atoms with E-state index in [9.17, 15) is 9.90 Å². The first-order valence-corrected chi connectivity index (χ1v) is 7.68. The Morgan fingerprint density at radius 3 is 2.75 bits per heavy atom. The van der Waals surface area contributed by atoms with Crippen molar-refractivity contribution in [3.63, 3.8) is 0 Å². The highest BCUT2D eigenvalue weighted by Crippen LogP contribution is 2.26. The Morgan fingerprint density at radius 2 is 2.20 bits per heavy atom. The molecule has 1 fully saturated rings. The van der Waals surface area contributed by atoms with Crippen molar-refractivity contribution >= 4 is 21.8 Å². The summed E-state index contributed by atoms with van der Waals surface area (Å²) in [6.45, 7) is 3.25. The van der Waals surface area contributed by atoms with E-state index >= 15 is 0 Å². The Morgan fingerprint density at radius 1 is 1.50 bits per heavy atom. The van der Waals surface area contributed by atoms with E-state index in [0.29, 0.717) is 19.6 Å². The van der Waals surface area contributed by atoms with Crippen molar-refractivity contribution in [3.8, 4) is 0 Å². The molecule has 1 aliphatic rings. The Labute approximate surface area is 127 Å². The molecule has 1 heterocycles. The summed E-state index contributed by atoms with van der Waals surface area (Å²) in [5, 5.41) is 13.6. The summed E-state index contributed by atoms with van der Waals surface area (Å²) in [5.41, 5.74) is -0.221. The maximum atomic E-state index is 12.0. The first kappa shape index (κ1) is 15.5. The minimum atomic E-state index is -1.03. The van der Waals surface area contributed by atoms with Crippen LogP contribution in [0.2, 0.25) is 0 Å². The van der Waals surface area contributed by atoms with Crippen LogP contribution in [-0.4, -0.2) is 30.8 Å². The third kappa shape index (κ3) is 3.59. The second kappa shape index (κ2) is 6.70. The SMILES string of the molecule is CCC(O)(CNC(=O)C1CCOC1)c1ccc(Br)cc1. The van der Waals surface area contributed by atoms with Gasteiger partial charge in [0.2, 0.25) is 5.91 Å². The minimum Gasteiger partial charge on any atom is -0.383 e. The maximum absolute atomic E-state index is 12.0. The van der Waals surface area contributed by atoms with Crippen molar-refractivity contribution in [2.45, 2.75) is 25.4 Å². The molecule has 2 N–H and O–H groups in total. The molecule has 2 atom stereocenters. The Hall–Kier alpha value is -0.910. The smallest absolute Gasteiger partial charge is 0.225 e. The Bertz CT molecular complexity index is 457. The second-order valence-corrected chi connectivity index (χ2v) is 6.09. The summed E-state index contributed by atoms with van der Waals surface area (Å²) in [6, 6.07) is 7.53. The molecular weight excluding hydrogens is 322 g/mol. The molecule has 1 aliphatic heterocycles. The van der Waals surface area contributed by atoms with Crippen LogP contribution < -0.4 is 5.32 Å². The lowest BCUT2D eigenvalue weighted by atomic mass is 9.91. The quantitative estimate of drug-likeness (QED) is 0.863. The van der Waals surface area contributed by atoms with E-state index in [1.165, 1.54) is 0 Å². The van der Waals surface area contributed by atoms with Gasteiger partial charge in [-0.3, -0.25) is 4.79 Å². The van der Waals surface area contributed by atoms with E-state index in [4.69, 9.17) is 4.74 Å². The van der Waals surface area contributed by atoms with Crippen molar-refractivity contribution < 1.29 is 14.6 Å². The number of hydrogen-bond acceptors (Lipinski definition) is 3. The number of nitrogens with one attached hydrogen (secondary N) is 1. The van der Waals surface area contributed by atoms with Gasteiger partial charge in [0, 0.05) is 11.1 Å². The molecule has 2 rings (SSSR count). The van der Waals surface area contributed by atoms with Gasteiger partial charge in [-0.1, -0.05) is 35.0 Å². The van der Waals surface area contributed by atoms with E-state index in [-0.39, 0.29) is 18.4 Å². The third-order valence-corrected chi connectivity index (χ3v) is 4.35. The standard InChI is InChI=1S/C15H20BrNO3/c1-2-15(19,12-3-5-13(16)6-4-12)10-17-14(18)11-7-8-20-9-11/h3-6,11,19H,2,7-10H2,1H3,(H,17,18). The number of hydrogen-bond donors (Lipinski definition) is 2.